The van der Waals surface area contributed by atoms with E-state index < -0.39 is 0 Å². The third-order valence-corrected chi connectivity index (χ3v) is 4.64. The van der Waals surface area contributed by atoms with Crippen LogP contribution in [0.15, 0.2) is 40.6 Å². The molecule has 0 bridgehead atoms. The molecule has 0 fully saturated rings. The SMILES string of the molecule is Cc1cc(C)c(-c2ccc(=O)n(CC(=O)Nc3nccs3)n2)cc1C. The van der Waals surface area contributed by atoms with Gasteiger partial charge < -0.3 is 5.32 Å². The quantitative estimate of drug-likeness (QED) is 0.781. The van der Waals surface area contributed by atoms with Gasteiger partial charge in [0, 0.05) is 23.2 Å². The van der Waals surface area contributed by atoms with Crippen LogP contribution in [0.3, 0.4) is 0 Å². The summed E-state index contributed by atoms with van der Waals surface area (Å²) in [7, 11) is 0. The maximum atomic E-state index is 12.1. The number of aromatic nitrogens is 3. The molecule has 3 aromatic rings. The summed E-state index contributed by atoms with van der Waals surface area (Å²) < 4.78 is 1.17. The molecule has 0 spiro atoms. The zero-order valence-corrected chi connectivity index (χ0v) is 15.1. The summed E-state index contributed by atoms with van der Waals surface area (Å²) >= 11 is 1.32. The van der Waals surface area contributed by atoms with Crippen molar-refractivity contribution >= 4 is 22.4 Å². The van der Waals surface area contributed by atoms with Crippen molar-refractivity contribution in [2.24, 2.45) is 0 Å². The van der Waals surface area contributed by atoms with E-state index >= 15 is 0 Å². The second-order valence-corrected chi connectivity index (χ2v) is 6.75. The predicted molar refractivity (Wildman–Crippen MR) is 98.9 cm³/mol. The number of nitrogens with zero attached hydrogens (tertiary/aromatic N) is 3. The van der Waals surface area contributed by atoms with Crippen LogP contribution < -0.4 is 10.9 Å². The lowest BCUT2D eigenvalue weighted by atomic mass is 9.99. The van der Waals surface area contributed by atoms with Gasteiger partial charge in [-0.25, -0.2) is 9.67 Å². The van der Waals surface area contributed by atoms with Gasteiger partial charge in [0.05, 0.1) is 5.69 Å². The number of anilines is 1. The van der Waals surface area contributed by atoms with E-state index in [0.29, 0.717) is 10.8 Å². The molecule has 1 amide bonds. The fraction of sp³-hybridized carbons (Fsp3) is 0.222. The number of hydrogen-bond donors (Lipinski definition) is 1. The van der Waals surface area contributed by atoms with Crippen LogP contribution in [0.25, 0.3) is 11.3 Å². The van der Waals surface area contributed by atoms with Crippen LogP contribution in [0.4, 0.5) is 5.13 Å². The smallest absolute Gasteiger partial charge is 0.267 e. The molecule has 2 heterocycles. The predicted octanol–water partition coefficient (Wildman–Crippen LogP) is 2.93. The molecule has 0 saturated carbocycles. The van der Waals surface area contributed by atoms with Gasteiger partial charge in [0.2, 0.25) is 5.91 Å². The molecule has 6 nitrogen and oxygen atoms in total. The van der Waals surface area contributed by atoms with Crippen LogP contribution in [0, 0.1) is 20.8 Å². The normalized spacial score (nSPS) is 10.7. The van der Waals surface area contributed by atoms with Gasteiger partial charge in [-0.15, -0.1) is 11.3 Å². The molecule has 2 aromatic heterocycles. The maximum absolute atomic E-state index is 12.1. The topological polar surface area (TPSA) is 76.9 Å². The van der Waals surface area contributed by atoms with Crippen molar-refractivity contribution in [3.05, 3.63) is 62.9 Å². The first kappa shape index (κ1) is 17.0. The van der Waals surface area contributed by atoms with Crippen LogP contribution in [0.2, 0.25) is 0 Å². The van der Waals surface area contributed by atoms with E-state index in [4.69, 9.17) is 0 Å². The average molecular weight is 354 g/mol. The Hall–Kier alpha value is -2.80. The lowest BCUT2D eigenvalue weighted by molar-refractivity contribution is -0.117. The summed E-state index contributed by atoms with van der Waals surface area (Å²) in [5, 5.41) is 9.29. The second-order valence-electron chi connectivity index (χ2n) is 5.85. The Morgan fingerprint density at radius 3 is 2.64 bits per heavy atom. The first-order valence-corrected chi connectivity index (χ1v) is 8.68. The summed E-state index contributed by atoms with van der Waals surface area (Å²) in [6, 6.07) is 7.27. The van der Waals surface area contributed by atoms with Crippen molar-refractivity contribution in [3.63, 3.8) is 0 Å². The number of amides is 1. The number of nitrogens with one attached hydrogen (secondary N) is 1. The average Bonchev–Trinajstić information content (AvgIpc) is 3.06. The minimum Gasteiger partial charge on any atom is -0.300 e. The molecular weight excluding hydrogens is 336 g/mol. The number of thiazole rings is 1. The Morgan fingerprint density at radius 1 is 1.16 bits per heavy atom. The molecule has 0 saturated heterocycles. The minimum atomic E-state index is -0.335. The number of aryl methyl sites for hydroxylation is 3. The zero-order chi connectivity index (χ0) is 18.0. The highest BCUT2D eigenvalue weighted by atomic mass is 32.1. The highest BCUT2D eigenvalue weighted by molar-refractivity contribution is 7.13. The Kier molecular flexibility index (Phi) is 4.76. The highest BCUT2D eigenvalue weighted by Gasteiger charge is 2.11. The third-order valence-electron chi connectivity index (χ3n) is 3.96. The van der Waals surface area contributed by atoms with Crippen molar-refractivity contribution < 1.29 is 4.79 Å². The Morgan fingerprint density at radius 2 is 1.92 bits per heavy atom. The van der Waals surface area contributed by atoms with E-state index in [-0.39, 0.29) is 18.0 Å². The van der Waals surface area contributed by atoms with Gasteiger partial charge in [-0.2, -0.15) is 5.10 Å². The second kappa shape index (κ2) is 6.98. The van der Waals surface area contributed by atoms with Gasteiger partial charge in [-0.3, -0.25) is 9.59 Å². The fourth-order valence-corrected chi connectivity index (χ4v) is 3.07. The van der Waals surface area contributed by atoms with Crippen LogP contribution >= 0.6 is 11.3 Å². The van der Waals surface area contributed by atoms with Gasteiger partial charge in [-0.05, 0) is 49.6 Å². The Labute approximate surface area is 149 Å². The molecule has 0 aliphatic heterocycles. The number of benzene rings is 1. The van der Waals surface area contributed by atoms with Gasteiger partial charge >= 0.3 is 0 Å². The molecule has 25 heavy (non-hydrogen) atoms. The number of rotatable bonds is 4. The molecule has 1 aromatic carbocycles. The fourth-order valence-electron chi connectivity index (χ4n) is 2.52. The van der Waals surface area contributed by atoms with Crippen LogP contribution in [0.5, 0.6) is 0 Å². The molecular formula is C18H18N4O2S. The number of carbonyl (C=O) groups is 1. The Balaban J connectivity index is 1.89. The molecule has 7 heteroatoms. The maximum Gasteiger partial charge on any atom is 0.267 e. The van der Waals surface area contributed by atoms with Gasteiger partial charge in [0.25, 0.3) is 5.56 Å². The van der Waals surface area contributed by atoms with Gasteiger partial charge in [0.15, 0.2) is 5.13 Å². The van der Waals surface area contributed by atoms with Crippen LogP contribution in [-0.4, -0.2) is 20.7 Å². The molecule has 0 radical (unpaired) electrons. The molecule has 0 unspecified atom stereocenters. The van der Waals surface area contributed by atoms with Crippen molar-refractivity contribution in [2.75, 3.05) is 5.32 Å². The van der Waals surface area contributed by atoms with Crippen LogP contribution in [-0.2, 0) is 11.3 Å². The van der Waals surface area contributed by atoms with Gasteiger partial charge in [-0.1, -0.05) is 6.07 Å². The van der Waals surface area contributed by atoms with Gasteiger partial charge in [0.1, 0.15) is 6.54 Å². The van der Waals surface area contributed by atoms with Crippen LogP contribution in [0.1, 0.15) is 16.7 Å². The summed E-state index contributed by atoms with van der Waals surface area (Å²) in [6.45, 7) is 5.95. The summed E-state index contributed by atoms with van der Waals surface area (Å²) in [5.41, 5.74) is 4.74. The van der Waals surface area contributed by atoms with E-state index in [1.54, 1.807) is 17.6 Å². The van der Waals surface area contributed by atoms with E-state index in [9.17, 15) is 9.59 Å². The van der Waals surface area contributed by atoms with Crippen molar-refractivity contribution in [3.8, 4) is 11.3 Å². The first-order valence-electron chi connectivity index (χ1n) is 7.80. The summed E-state index contributed by atoms with van der Waals surface area (Å²) in [6.07, 6.45) is 1.60. The molecule has 0 atom stereocenters. The molecule has 1 N–H and O–H groups in total. The van der Waals surface area contributed by atoms with E-state index in [2.05, 4.69) is 34.5 Å². The lowest BCUT2D eigenvalue weighted by Crippen LogP contribution is -2.29. The first-order chi connectivity index (χ1) is 11.9. The standard InChI is InChI=1S/C18H18N4O2S/c1-11-8-13(3)14(9-12(11)2)15-4-5-17(24)22(21-15)10-16(23)20-18-19-6-7-25-18/h4-9H,10H2,1-3H3,(H,19,20,23). The number of carbonyl (C=O) groups excluding carboxylic acids is 1. The zero-order valence-electron chi connectivity index (χ0n) is 14.2. The monoisotopic (exact) mass is 354 g/mol. The molecule has 3 rings (SSSR count). The lowest BCUT2D eigenvalue weighted by Gasteiger charge is -2.11. The minimum absolute atomic E-state index is 0.157. The highest BCUT2D eigenvalue weighted by Crippen LogP contribution is 2.24. The summed E-state index contributed by atoms with van der Waals surface area (Å²) in [4.78, 5) is 28.1. The molecule has 0 aliphatic rings. The van der Waals surface area contributed by atoms with E-state index in [1.807, 2.05) is 13.8 Å². The van der Waals surface area contributed by atoms with Crippen molar-refractivity contribution in [2.45, 2.75) is 27.3 Å². The van der Waals surface area contributed by atoms with E-state index in [0.717, 1.165) is 16.7 Å². The number of hydrogen-bond acceptors (Lipinski definition) is 5. The third kappa shape index (κ3) is 3.83. The molecule has 0 aliphatic carbocycles. The molecule has 128 valence electrons. The van der Waals surface area contributed by atoms with Crippen molar-refractivity contribution in [1.29, 1.82) is 0 Å². The van der Waals surface area contributed by atoms with Crippen molar-refractivity contribution in [1.82, 2.24) is 14.8 Å². The Bertz CT molecular complexity index is 977. The van der Waals surface area contributed by atoms with E-state index in [1.165, 1.54) is 27.6 Å². The summed E-state index contributed by atoms with van der Waals surface area (Å²) in [5.74, 6) is -0.335. The largest absolute Gasteiger partial charge is 0.300 e.